The highest BCUT2D eigenvalue weighted by molar-refractivity contribution is 7.91. The molecular formula is C23H27N3O3S. The molecule has 6 nitrogen and oxygen atoms in total. The summed E-state index contributed by atoms with van der Waals surface area (Å²) in [5.74, 6) is 1.13. The van der Waals surface area contributed by atoms with E-state index in [0.29, 0.717) is 33.8 Å². The fourth-order valence-electron chi connectivity index (χ4n) is 3.18. The molecule has 0 bridgehead atoms. The summed E-state index contributed by atoms with van der Waals surface area (Å²) in [6.07, 6.45) is 0. The van der Waals surface area contributed by atoms with Crippen LogP contribution in [0.15, 0.2) is 45.6 Å². The highest BCUT2D eigenvalue weighted by Gasteiger charge is 2.27. The molecular weight excluding hydrogens is 398 g/mol. The van der Waals surface area contributed by atoms with E-state index in [4.69, 9.17) is 9.72 Å². The molecule has 1 heterocycles. The number of methoxy groups -OCH3 is 1. The zero-order valence-corrected chi connectivity index (χ0v) is 19.3. The van der Waals surface area contributed by atoms with E-state index in [-0.39, 0.29) is 5.56 Å². The Hall–Kier alpha value is -2.64. The van der Waals surface area contributed by atoms with Crippen molar-refractivity contribution < 1.29 is 9.29 Å². The maximum absolute atomic E-state index is 13.2. The molecule has 0 saturated heterocycles. The van der Waals surface area contributed by atoms with Gasteiger partial charge in [0.25, 0.3) is 5.56 Å². The van der Waals surface area contributed by atoms with Crippen LogP contribution in [0.2, 0.25) is 0 Å². The van der Waals surface area contributed by atoms with E-state index >= 15 is 0 Å². The van der Waals surface area contributed by atoms with Crippen molar-refractivity contribution in [1.29, 1.82) is 0 Å². The number of fused-ring (bicyclic) bond motifs is 1. The van der Waals surface area contributed by atoms with Crippen LogP contribution in [0.4, 0.5) is 0 Å². The van der Waals surface area contributed by atoms with Crippen LogP contribution in [0.3, 0.4) is 0 Å². The zero-order valence-electron chi connectivity index (χ0n) is 18.4. The van der Waals surface area contributed by atoms with Gasteiger partial charge in [-0.3, -0.25) is 9.36 Å². The number of hydrogen-bond donors (Lipinski definition) is 0. The monoisotopic (exact) mass is 425 g/mol. The summed E-state index contributed by atoms with van der Waals surface area (Å²) >= 11 is -1.42. The molecule has 0 radical (unpaired) electrons. The van der Waals surface area contributed by atoms with Crippen LogP contribution in [0.5, 0.6) is 5.75 Å². The Balaban J connectivity index is 2.34. The number of aromatic nitrogens is 2. The molecule has 0 spiro atoms. The third-order valence-electron chi connectivity index (χ3n) is 4.81. The molecule has 1 unspecified atom stereocenters. The van der Waals surface area contributed by atoms with Gasteiger partial charge in [0.1, 0.15) is 27.7 Å². The molecule has 3 rings (SSSR count). The average molecular weight is 426 g/mol. The Kier molecular flexibility index (Phi) is 6.06. The van der Waals surface area contributed by atoms with Crippen LogP contribution in [0.25, 0.3) is 22.3 Å². The summed E-state index contributed by atoms with van der Waals surface area (Å²) in [5, 5.41) is 0.502. The standard InChI is InChI=1S/C23H27N3O3S/c1-14-12-17(15(2)25-30(28)23(3,4)5)20-18(13-14)22(27)26(6)21(24-20)16-10-8-9-11-19(16)29-7/h8-13H,1-7H3. The molecule has 158 valence electrons. The lowest BCUT2D eigenvalue weighted by atomic mass is 10.0. The first-order valence-corrected chi connectivity index (χ1v) is 10.8. The fraction of sp³-hybridized carbons (Fsp3) is 0.348. The van der Waals surface area contributed by atoms with Gasteiger partial charge in [-0.1, -0.05) is 16.5 Å². The SMILES string of the molecule is COc1ccccc1-c1nc2c(C(C)=N[S+]([O-])C(C)(C)C)cc(C)cc2c(=O)n1C. The number of benzene rings is 2. The molecule has 0 aliphatic heterocycles. The molecule has 0 amide bonds. The summed E-state index contributed by atoms with van der Waals surface area (Å²) in [6, 6.07) is 11.2. The molecule has 0 fully saturated rings. The van der Waals surface area contributed by atoms with Gasteiger partial charge in [-0.25, -0.2) is 4.98 Å². The molecule has 7 heteroatoms. The average Bonchev–Trinajstić information content (AvgIpc) is 2.69. The highest BCUT2D eigenvalue weighted by Crippen LogP contribution is 2.29. The lowest BCUT2D eigenvalue weighted by molar-refractivity contribution is 0.416. The lowest BCUT2D eigenvalue weighted by Crippen LogP contribution is -2.27. The van der Waals surface area contributed by atoms with E-state index in [2.05, 4.69) is 4.40 Å². The Morgan fingerprint density at radius 2 is 1.90 bits per heavy atom. The van der Waals surface area contributed by atoms with Gasteiger partial charge in [-0.2, -0.15) is 0 Å². The summed E-state index contributed by atoms with van der Waals surface area (Å²) in [5.41, 5.74) is 3.31. The summed E-state index contributed by atoms with van der Waals surface area (Å²) in [6.45, 7) is 9.36. The lowest BCUT2D eigenvalue weighted by Gasteiger charge is -2.19. The van der Waals surface area contributed by atoms with Gasteiger partial charge in [0.05, 0.1) is 29.3 Å². The first-order valence-electron chi connectivity index (χ1n) is 9.67. The number of nitrogens with zero attached hydrogens (tertiary/aromatic N) is 3. The minimum absolute atomic E-state index is 0.157. The Morgan fingerprint density at radius 3 is 2.53 bits per heavy atom. The van der Waals surface area contributed by atoms with Gasteiger partial charge in [0, 0.05) is 12.6 Å². The molecule has 1 aromatic heterocycles. The van der Waals surface area contributed by atoms with E-state index in [1.54, 1.807) is 21.1 Å². The maximum Gasteiger partial charge on any atom is 0.261 e. The number of ether oxygens (including phenoxy) is 1. The van der Waals surface area contributed by atoms with E-state index in [1.165, 1.54) is 4.57 Å². The van der Waals surface area contributed by atoms with Gasteiger partial charge in [0.15, 0.2) is 0 Å². The van der Waals surface area contributed by atoms with Crippen molar-refractivity contribution in [3.8, 4) is 17.1 Å². The van der Waals surface area contributed by atoms with Gasteiger partial charge >= 0.3 is 0 Å². The molecule has 3 aromatic rings. The number of hydrogen-bond acceptors (Lipinski definition) is 5. The maximum atomic E-state index is 13.2. The molecule has 0 aliphatic rings. The molecule has 0 N–H and O–H groups in total. The van der Waals surface area contributed by atoms with E-state index < -0.39 is 16.1 Å². The van der Waals surface area contributed by atoms with Gasteiger partial charge in [-0.15, -0.1) is 0 Å². The van der Waals surface area contributed by atoms with Crippen LogP contribution in [0.1, 0.15) is 38.8 Å². The van der Waals surface area contributed by atoms with Gasteiger partial charge in [-0.05, 0) is 64.4 Å². The molecule has 0 aliphatic carbocycles. The number of aryl methyl sites for hydroxylation is 1. The summed E-state index contributed by atoms with van der Waals surface area (Å²) < 4.78 is 23.5. The van der Waals surface area contributed by atoms with Gasteiger partial charge in [0.2, 0.25) is 0 Å². The highest BCUT2D eigenvalue weighted by atomic mass is 32.2. The number of para-hydroxylation sites is 1. The second-order valence-corrected chi connectivity index (χ2v) is 10.2. The summed E-state index contributed by atoms with van der Waals surface area (Å²) in [4.78, 5) is 18.1. The quantitative estimate of drug-likeness (QED) is 0.464. The van der Waals surface area contributed by atoms with Crippen molar-refractivity contribution in [2.75, 3.05) is 7.11 Å². The first kappa shape index (κ1) is 22.1. The van der Waals surface area contributed by atoms with E-state index in [1.807, 2.05) is 64.1 Å². The minimum atomic E-state index is -1.42. The van der Waals surface area contributed by atoms with Crippen LogP contribution in [-0.2, 0) is 18.4 Å². The smallest absolute Gasteiger partial charge is 0.261 e. The summed E-state index contributed by atoms with van der Waals surface area (Å²) in [7, 11) is 3.29. The zero-order chi connectivity index (χ0) is 22.2. The minimum Gasteiger partial charge on any atom is -0.591 e. The van der Waals surface area contributed by atoms with E-state index in [0.717, 1.165) is 11.1 Å². The van der Waals surface area contributed by atoms with Crippen LogP contribution in [-0.4, -0.2) is 31.7 Å². The van der Waals surface area contributed by atoms with Crippen LogP contribution >= 0.6 is 0 Å². The normalized spacial score (nSPS) is 13.5. The van der Waals surface area contributed by atoms with Crippen molar-refractivity contribution in [3.05, 3.63) is 57.9 Å². The Morgan fingerprint density at radius 1 is 1.23 bits per heavy atom. The predicted octanol–water partition coefficient (Wildman–Crippen LogP) is 4.19. The van der Waals surface area contributed by atoms with Crippen LogP contribution < -0.4 is 10.3 Å². The van der Waals surface area contributed by atoms with Crippen molar-refractivity contribution >= 4 is 28.0 Å². The number of rotatable bonds is 4. The van der Waals surface area contributed by atoms with Crippen molar-refractivity contribution in [3.63, 3.8) is 0 Å². The van der Waals surface area contributed by atoms with E-state index in [9.17, 15) is 9.35 Å². The van der Waals surface area contributed by atoms with Crippen molar-refractivity contribution in [2.45, 2.75) is 39.4 Å². The largest absolute Gasteiger partial charge is 0.591 e. The molecule has 0 saturated carbocycles. The van der Waals surface area contributed by atoms with Gasteiger partial charge < -0.3 is 9.29 Å². The molecule has 2 aromatic carbocycles. The van der Waals surface area contributed by atoms with Crippen LogP contribution in [0, 0.1) is 6.92 Å². The second-order valence-electron chi connectivity index (χ2n) is 8.25. The second kappa shape index (κ2) is 8.24. The molecule has 1 atom stereocenters. The van der Waals surface area contributed by atoms with Crippen molar-refractivity contribution in [2.24, 2.45) is 11.4 Å². The fourth-order valence-corrected chi connectivity index (χ4v) is 3.80. The third-order valence-corrected chi connectivity index (χ3v) is 6.29. The Bertz CT molecular complexity index is 1190. The topological polar surface area (TPSA) is 79.5 Å². The predicted molar refractivity (Wildman–Crippen MR) is 124 cm³/mol. The molecule has 30 heavy (non-hydrogen) atoms. The first-order chi connectivity index (χ1) is 14.0. The van der Waals surface area contributed by atoms with Crippen molar-refractivity contribution in [1.82, 2.24) is 9.55 Å². The third kappa shape index (κ3) is 4.13. The Labute approximate surface area is 180 Å².